The maximum Gasteiger partial charge on any atom is 0.416 e. The van der Waals surface area contributed by atoms with Crippen molar-refractivity contribution in [1.82, 2.24) is 14.4 Å². The van der Waals surface area contributed by atoms with E-state index in [-0.39, 0.29) is 12.5 Å². The van der Waals surface area contributed by atoms with E-state index in [4.69, 9.17) is 4.42 Å². The lowest BCUT2D eigenvalue weighted by Gasteiger charge is -2.21. The molecule has 0 spiro atoms. The lowest BCUT2D eigenvalue weighted by molar-refractivity contribution is -0.137. The molecule has 4 rings (SSSR count). The highest BCUT2D eigenvalue weighted by molar-refractivity contribution is 5.97. The minimum atomic E-state index is -4.41. The molecular formula is C21H22F3N3O2. The summed E-state index contributed by atoms with van der Waals surface area (Å²) in [5.74, 6) is -0.126. The van der Waals surface area contributed by atoms with Crippen LogP contribution in [-0.4, -0.2) is 53.5 Å². The Balaban J connectivity index is 1.68. The predicted octanol–water partition coefficient (Wildman–Crippen LogP) is 4.08. The summed E-state index contributed by atoms with van der Waals surface area (Å²) >= 11 is 0. The molecule has 1 aliphatic heterocycles. The van der Waals surface area contributed by atoms with Gasteiger partial charge in [-0.2, -0.15) is 13.2 Å². The topological polar surface area (TPSA) is 41.6 Å². The van der Waals surface area contributed by atoms with Gasteiger partial charge in [0.2, 0.25) is 0 Å². The Labute approximate surface area is 166 Å². The van der Waals surface area contributed by atoms with Crippen LogP contribution in [-0.2, 0) is 12.7 Å². The van der Waals surface area contributed by atoms with Crippen LogP contribution in [0.1, 0.15) is 28.0 Å². The zero-order valence-corrected chi connectivity index (χ0v) is 16.1. The summed E-state index contributed by atoms with van der Waals surface area (Å²) in [5.41, 5.74) is 1.45. The number of benzene rings is 1. The first-order chi connectivity index (χ1) is 13.8. The highest BCUT2D eigenvalue weighted by atomic mass is 19.4. The number of alkyl halides is 3. The minimum Gasteiger partial charge on any atom is -0.463 e. The maximum atomic E-state index is 13.2. The van der Waals surface area contributed by atoms with E-state index in [0.717, 1.165) is 31.6 Å². The molecular weight excluding hydrogens is 383 g/mol. The second-order valence-corrected chi connectivity index (χ2v) is 7.43. The van der Waals surface area contributed by atoms with Crippen LogP contribution in [0, 0.1) is 0 Å². The molecule has 1 saturated heterocycles. The van der Waals surface area contributed by atoms with Gasteiger partial charge in [0.25, 0.3) is 5.91 Å². The van der Waals surface area contributed by atoms with Crippen LogP contribution in [0.3, 0.4) is 0 Å². The van der Waals surface area contributed by atoms with Gasteiger partial charge in [-0.25, -0.2) is 0 Å². The SMILES string of the molecule is CN1CCCN(C(=O)c2cc3occc3n2Cc2cccc(C(F)(F)F)c2)CC1. The molecule has 154 valence electrons. The fourth-order valence-corrected chi connectivity index (χ4v) is 3.76. The average molecular weight is 405 g/mol. The number of likely N-dealkylation sites (N-methyl/N-ethyl adjacent to an activating group) is 1. The molecule has 1 aliphatic rings. The molecule has 2 aromatic heterocycles. The van der Waals surface area contributed by atoms with Gasteiger partial charge >= 0.3 is 6.18 Å². The van der Waals surface area contributed by atoms with Crippen LogP contribution in [0.5, 0.6) is 0 Å². The van der Waals surface area contributed by atoms with Gasteiger partial charge in [-0.1, -0.05) is 12.1 Å². The molecule has 0 bridgehead atoms. The normalized spacial score (nSPS) is 16.3. The molecule has 1 fully saturated rings. The summed E-state index contributed by atoms with van der Waals surface area (Å²) < 4.78 is 46.4. The van der Waals surface area contributed by atoms with Crippen molar-refractivity contribution in [3.8, 4) is 0 Å². The van der Waals surface area contributed by atoms with Crippen molar-refractivity contribution in [2.45, 2.75) is 19.1 Å². The number of carbonyl (C=O) groups is 1. The molecule has 5 nitrogen and oxygen atoms in total. The molecule has 29 heavy (non-hydrogen) atoms. The molecule has 8 heteroatoms. The molecule has 3 heterocycles. The molecule has 3 aromatic rings. The molecule has 0 radical (unpaired) electrons. The quantitative estimate of drug-likeness (QED) is 0.660. The van der Waals surface area contributed by atoms with Gasteiger partial charge < -0.3 is 18.8 Å². The largest absolute Gasteiger partial charge is 0.463 e. The Morgan fingerprint density at radius 2 is 1.93 bits per heavy atom. The third kappa shape index (κ3) is 4.03. The lowest BCUT2D eigenvalue weighted by atomic mass is 10.1. The Bertz CT molecular complexity index is 1020. The third-order valence-corrected chi connectivity index (χ3v) is 5.34. The number of amides is 1. The van der Waals surface area contributed by atoms with E-state index in [1.807, 2.05) is 7.05 Å². The molecule has 1 aromatic carbocycles. The summed E-state index contributed by atoms with van der Waals surface area (Å²) in [4.78, 5) is 17.2. The fraction of sp³-hybridized carbons (Fsp3) is 0.381. The number of nitrogens with zero attached hydrogens (tertiary/aromatic N) is 3. The number of fused-ring (bicyclic) bond motifs is 1. The van der Waals surface area contributed by atoms with Gasteiger partial charge in [0.05, 0.1) is 17.3 Å². The monoisotopic (exact) mass is 405 g/mol. The van der Waals surface area contributed by atoms with E-state index < -0.39 is 11.7 Å². The lowest BCUT2D eigenvalue weighted by Crippen LogP contribution is -2.35. The van der Waals surface area contributed by atoms with E-state index in [2.05, 4.69) is 4.90 Å². The van der Waals surface area contributed by atoms with Gasteiger partial charge in [-0.05, 0) is 37.7 Å². The van der Waals surface area contributed by atoms with Crippen molar-refractivity contribution >= 4 is 17.0 Å². The molecule has 0 unspecified atom stereocenters. The summed E-state index contributed by atoms with van der Waals surface area (Å²) in [6, 6.07) is 8.61. The summed E-state index contributed by atoms with van der Waals surface area (Å²) in [6.45, 7) is 3.14. The second-order valence-electron chi connectivity index (χ2n) is 7.43. The van der Waals surface area contributed by atoms with Crippen LogP contribution in [0.2, 0.25) is 0 Å². The van der Waals surface area contributed by atoms with Gasteiger partial charge in [0.1, 0.15) is 5.69 Å². The van der Waals surface area contributed by atoms with Crippen LogP contribution in [0.15, 0.2) is 47.1 Å². The van der Waals surface area contributed by atoms with Gasteiger partial charge in [-0.15, -0.1) is 0 Å². The van der Waals surface area contributed by atoms with Crippen molar-refractivity contribution in [3.63, 3.8) is 0 Å². The maximum absolute atomic E-state index is 13.2. The highest BCUT2D eigenvalue weighted by Gasteiger charge is 2.30. The van der Waals surface area contributed by atoms with E-state index in [0.29, 0.717) is 35.4 Å². The van der Waals surface area contributed by atoms with E-state index >= 15 is 0 Å². The Hall–Kier alpha value is -2.74. The zero-order chi connectivity index (χ0) is 20.6. The molecule has 0 N–H and O–H groups in total. The van der Waals surface area contributed by atoms with Gasteiger partial charge in [-0.3, -0.25) is 4.79 Å². The predicted molar refractivity (Wildman–Crippen MR) is 103 cm³/mol. The first kappa shape index (κ1) is 19.6. The minimum absolute atomic E-state index is 0.126. The van der Waals surface area contributed by atoms with Crippen LogP contribution in [0.4, 0.5) is 13.2 Å². The van der Waals surface area contributed by atoms with Gasteiger partial charge in [0, 0.05) is 38.3 Å². The van der Waals surface area contributed by atoms with Crippen LogP contribution < -0.4 is 0 Å². The van der Waals surface area contributed by atoms with Gasteiger partial charge in [0.15, 0.2) is 5.58 Å². The molecule has 0 atom stereocenters. The fourth-order valence-electron chi connectivity index (χ4n) is 3.76. The Morgan fingerprint density at radius 1 is 1.10 bits per heavy atom. The summed E-state index contributed by atoms with van der Waals surface area (Å²) in [7, 11) is 2.03. The smallest absolute Gasteiger partial charge is 0.416 e. The van der Waals surface area contributed by atoms with Crippen molar-refractivity contribution in [3.05, 3.63) is 59.5 Å². The average Bonchev–Trinajstić information content (AvgIpc) is 3.19. The standard InChI is InChI=1S/C21H22F3N3O2/c1-25-7-3-8-26(10-9-25)20(28)18-13-19-17(6-11-29-19)27(18)14-15-4-2-5-16(12-15)21(22,23)24/h2,4-6,11-13H,3,7-10,14H2,1H3. The number of rotatable bonds is 3. The molecule has 0 aliphatic carbocycles. The van der Waals surface area contributed by atoms with Crippen molar-refractivity contribution in [2.75, 3.05) is 33.2 Å². The number of carbonyl (C=O) groups excluding carboxylic acids is 1. The Kier molecular flexibility index (Phi) is 5.12. The van der Waals surface area contributed by atoms with Crippen LogP contribution in [0.25, 0.3) is 11.1 Å². The number of hydrogen-bond donors (Lipinski definition) is 0. The first-order valence-electron chi connectivity index (χ1n) is 9.53. The number of aromatic nitrogens is 1. The summed E-state index contributed by atoms with van der Waals surface area (Å²) in [5, 5.41) is 0. The molecule has 1 amide bonds. The van der Waals surface area contributed by atoms with E-state index in [9.17, 15) is 18.0 Å². The number of hydrogen-bond acceptors (Lipinski definition) is 3. The van der Waals surface area contributed by atoms with Crippen molar-refractivity contribution < 1.29 is 22.4 Å². The first-order valence-corrected chi connectivity index (χ1v) is 9.53. The number of halogens is 3. The zero-order valence-electron chi connectivity index (χ0n) is 16.1. The molecule has 0 saturated carbocycles. The second kappa shape index (κ2) is 7.59. The van der Waals surface area contributed by atoms with Crippen molar-refractivity contribution in [1.29, 1.82) is 0 Å². The summed E-state index contributed by atoms with van der Waals surface area (Å²) in [6.07, 6.45) is -2.01. The van der Waals surface area contributed by atoms with Crippen molar-refractivity contribution in [2.24, 2.45) is 0 Å². The third-order valence-electron chi connectivity index (χ3n) is 5.34. The number of furan rings is 1. The Morgan fingerprint density at radius 3 is 2.72 bits per heavy atom. The van der Waals surface area contributed by atoms with E-state index in [1.165, 1.54) is 12.3 Å². The highest BCUT2D eigenvalue weighted by Crippen LogP contribution is 2.30. The van der Waals surface area contributed by atoms with E-state index in [1.54, 1.807) is 27.7 Å². The van der Waals surface area contributed by atoms with Crippen LogP contribution >= 0.6 is 0 Å².